The number of aliphatic hydroxyl groups excluding tert-OH is 1. The minimum absolute atomic E-state index is 0.0197. The molecule has 3 atom stereocenters. The third-order valence-corrected chi connectivity index (χ3v) is 7.02. The van der Waals surface area contributed by atoms with Gasteiger partial charge in [-0.25, -0.2) is 4.98 Å². The molecule has 8 heteroatoms. The number of likely N-dealkylation sites (N-methyl/N-ethyl adjacent to an activating group) is 1. The zero-order chi connectivity index (χ0) is 27.2. The fourth-order valence-corrected chi connectivity index (χ4v) is 4.54. The first-order chi connectivity index (χ1) is 18.3. The van der Waals surface area contributed by atoms with Gasteiger partial charge < -0.3 is 24.4 Å². The van der Waals surface area contributed by atoms with E-state index in [1.165, 1.54) is 0 Å². The predicted molar refractivity (Wildman–Crippen MR) is 145 cm³/mol. The monoisotopic (exact) mass is 517 g/mol. The predicted octanol–water partition coefficient (Wildman–Crippen LogP) is 3.68. The summed E-state index contributed by atoms with van der Waals surface area (Å²) in [6, 6.07) is 18.5. The standard InChI is InChI=1S/C30H35N3O5/c1-20-17-33(21(2)19-34)30(36)26-15-24(23-10-12-25(37-4)13-11-23)16-31-29(26)38-27(20)18-32(3)28(35)14-22-8-6-5-7-9-22/h5-13,15-16,20-21,27,34H,14,17-19H2,1-4H3/t20-,21+,27-/m0/s1. The summed E-state index contributed by atoms with van der Waals surface area (Å²) in [6.45, 7) is 4.35. The van der Waals surface area contributed by atoms with Crippen molar-refractivity contribution in [3.8, 4) is 22.8 Å². The molecule has 38 heavy (non-hydrogen) atoms. The van der Waals surface area contributed by atoms with E-state index < -0.39 is 12.1 Å². The largest absolute Gasteiger partial charge is 0.497 e. The first kappa shape index (κ1) is 27.1. The van der Waals surface area contributed by atoms with E-state index in [0.29, 0.717) is 25.1 Å². The molecule has 0 aliphatic carbocycles. The maximum Gasteiger partial charge on any atom is 0.259 e. The van der Waals surface area contributed by atoms with Crippen LogP contribution in [0.15, 0.2) is 66.9 Å². The van der Waals surface area contributed by atoms with Gasteiger partial charge in [0.2, 0.25) is 11.8 Å². The van der Waals surface area contributed by atoms with Crippen LogP contribution in [0.3, 0.4) is 0 Å². The maximum absolute atomic E-state index is 13.7. The number of carbonyl (C=O) groups excluding carboxylic acids is 2. The smallest absolute Gasteiger partial charge is 0.259 e. The molecular weight excluding hydrogens is 482 g/mol. The average Bonchev–Trinajstić information content (AvgIpc) is 2.94. The number of ether oxygens (including phenoxy) is 2. The SMILES string of the molecule is COc1ccc(-c2cnc3c(c2)C(=O)N([C@H](C)CO)C[C@H](C)[C@H](CN(C)C(=O)Cc2ccccc2)O3)cc1. The summed E-state index contributed by atoms with van der Waals surface area (Å²) in [4.78, 5) is 34.5. The summed E-state index contributed by atoms with van der Waals surface area (Å²) in [7, 11) is 3.37. The zero-order valence-electron chi connectivity index (χ0n) is 22.3. The van der Waals surface area contributed by atoms with Gasteiger partial charge >= 0.3 is 0 Å². The highest BCUT2D eigenvalue weighted by molar-refractivity contribution is 5.98. The maximum atomic E-state index is 13.7. The van der Waals surface area contributed by atoms with E-state index in [0.717, 1.165) is 22.4 Å². The third-order valence-electron chi connectivity index (χ3n) is 7.02. The van der Waals surface area contributed by atoms with E-state index in [2.05, 4.69) is 4.98 Å². The number of benzene rings is 2. The van der Waals surface area contributed by atoms with Gasteiger partial charge in [-0.05, 0) is 36.2 Å². The van der Waals surface area contributed by atoms with Gasteiger partial charge in [0, 0.05) is 31.3 Å². The molecule has 1 aliphatic rings. The van der Waals surface area contributed by atoms with Crippen molar-refractivity contribution in [2.75, 3.05) is 33.9 Å². The molecule has 2 aromatic carbocycles. The zero-order valence-corrected chi connectivity index (χ0v) is 22.3. The molecule has 4 rings (SSSR count). The first-order valence-corrected chi connectivity index (χ1v) is 12.8. The number of hydrogen-bond donors (Lipinski definition) is 1. The summed E-state index contributed by atoms with van der Waals surface area (Å²) in [5.41, 5.74) is 2.92. The van der Waals surface area contributed by atoms with Crippen LogP contribution in [0.2, 0.25) is 0 Å². The van der Waals surface area contributed by atoms with Crippen LogP contribution in [-0.2, 0) is 11.2 Å². The minimum atomic E-state index is -0.403. The van der Waals surface area contributed by atoms with Gasteiger partial charge in [0.1, 0.15) is 17.4 Å². The van der Waals surface area contributed by atoms with Gasteiger partial charge in [0.15, 0.2) is 0 Å². The topological polar surface area (TPSA) is 92.2 Å². The number of pyridine rings is 1. The van der Waals surface area contributed by atoms with Crippen molar-refractivity contribution in [2.45, 2.75) is 32.4 Å². The molecular formula is C30H35N3O5. The highest BCUT2D eigenvalue weighted by atomic mass is 16.5. The lowest BCUT2D eigenvalue weighted by atomic mass is 9.99. The minimum Gasteiger partial charge on any atom is -0.497 e. The Hall–Kier alpha value is -3.91. The highest BCUT2D eigenvalue weighted by Gasteiger charge is 2.34. The van der Waals surface area contributed by atoms with Crippen molar-refractivity contribution < 1.29 is 24.2 Å². The van der Waals surface area contributed by atoms with Crippen molar-refractivity contribution in [2.24, 2.45) is 5.92 Å². The van der Waals surface area contributed by atoms with Gasteiger partial charge in [-0.15, -0.1) is 0 Å². The fraction of sp³-hybridized carbons (Fsp3) is 0.367. The van der Waals surface area contributed by atoms with Gasteiger partial charge in [0.25, 0.3) is 5.91 Å². The van der Waals surface area contributed by atoms with Crippen molar-refractivity contribution in [1.29, 1.82) is 0 Å². The van der Waals surface area contributed by atoms with Crippen molar-refractivity contribution >= 4 is 11.8 Å². The number of hydrogen-bond acceptors (Lipinski definition) is 6. The second-order valence-electron chi connectivity index (χ2n) is 9.86. The number of amides is 2. The third kappa shape index (κ3) is 6.14. The molecule has 0 fully saturated rings. The Bertz CT molecular complexity index is 1250. The lowest BCUT2D eigenvalue weighted by Crippen LogP contribution is -2.50. The van der Waals surface area contributed by atoms with Crippen molar-refractivity contribution in [3.63, 3.8) is 0 Å². The van der Waals surface area contributed by atoms with E-state index >= 15 is 0 Å². The quantitative estimate of drug-likeness (QED) is 0.490. The van der Waals surface area contributed by atoms with Crippen molar-refractivity contribution in [1.82, 2.24) is 14.8 Å². The molecule has 0 saturated carbocycles. The number of rotatable bonds is 8. The number of methoxy groups -OCH3 is 1. The fourth-order valence-electron chi connectivity index (χ4n) is 4.54. The average molecular weight is 518 g/mol. The molecule has 0 bridgehead atoms. The molecule has 0 radical (unpaired) electrons. The lowest BCUT2D eigenvalue weighted by molar-refractivity contribution is -0.130. The van der Waals surface area contributed by atoms with Crippen LogP contribution >= 0.6 is 0 Å². The number of aromatic nitrogens is 1. The van der Waals surface area contributed by atoms with Crippen LogP contribution in [0.4, 0.5) is 0 Å². The Morgan fingerprint density at radius 3 is 2.55 bits per heavy atom. The Labute approximate surface area is 223 Å². The summed E-state index contributed by atoms with van der Waals surface area (Å²) < 4.78 is 11.6. The van der Waals surface area contributed by atoms with E-state index in [1.807, 2.05) is 68.4 Å². The molecule has 0 unspecified atom stereocenters. The Morgan fingerprint density at radius 2 is 1.89 bits per heavy atom. The van der Waals surface area contributed by atoms with E-state index in [-0.39, 0.29) is 30.2 Å². The summed E-state index contributed by atoms with van der Waals surface area (Å²) in [6.07, 6.45) is 1.57. The molecule has 0 spiro atoms. The molecule has 1 aromatic heterocycles. The highest BCUT2D eigenvalue weighted by Crippen LogP contribution is 2.31. The summed E-state index contributed by atoms with van der Waals surface area (Å²) in [5, 5.41) is 9.90. The number of nitrogens with zero attached hydrogens (tertiary/aromatic N) is 3. The number of aliphatic hydroxyl groups is 1. The normalized spacial score (nSPS) is 18.0. The summed E-state index contributed by atoms with van der Waals surface area (Å²) in [5.74, 6) is 0.578. The molecule has 1 aliphatic heterocycles. The lowest BCUT2D eigenvalue weighted by Gasteiger charge is -2.37. The van der Waals surface area contributed by atoms with Gasteiger partial charge in [-0.2, -0.15) is 0 Å². The number of carbonyl (C=O) groups is 2. The molecule has 8 nitrogen and oxygen atoms in total. The van der Waals surface area contributed by atoms with Crippen LogP contribution in [0.25, 0.3) is 11.1 Å². The molecule has 3 aromatic rings. The second-order valence-corrected chi connectivity index (χ2v) is 9.86. The van der Waals surface area contributed by atoms with Crippen LogP contribution < -0.4 is 9.47 Å². The van der Waals surface area contributed by atoms with Crippen LogP contribution in [-0.4, -0.2) is 77.7 Å². The van der Waals surface area contributed by atoms with Gasteiger partial charge in [-0.3, -0.25) is 9.59 Å². The van der Waals surface area contributed by atoms with E-state index in [4.69, 9.17) is 9.47 Å². The summed E-state index contributed by atoms with van der Waals surface area (Å²) >= 11 is 0. The van der Waals surface area contributed by atoms with E-state index in [9.17, 15) is 14.7 Å². The van der Waals surface area contributed by atoms with E-state index in [1.54, 1.807) is 36.2 Å². The van der Waals surface area contributed by atoms with Gasteiger partial charge in [0.05, 0.1) is 32.7 Å². The Kier molecular flexibility index (Phi) is 8.63. The Balaban J connectivity index is 1.63. The van der Waals surface area contributed by atoms with Crippen LogP contribution in [0.5, 0.6) is 11.6 Å². The first-order valence-electron chi connectivity index (χ1n) is 12.8. The van der Waals surface area contributed by atoms with Gasteiger partial charge in [-0.1, -0.05) is 49.4 Å². The molecule has 2 amide bonds. The molecule has 0 saturated heterocycles. The molecule has 200 valence electrons. The number of fused-ring (bicyclic) bond motifs is 1. The van der Waals surface area contributed by atoms with Crippen LogP contribution in [0.1, 0.15) is 29.8 Å². The molecule has 2 heterocycles. The second kappa shape index (κ2) is 12.1. The van der Waals surface area contributed by atoms with Crippen LogP contribution in [0, 0.1) is 5.92 Å². The Morgan fingerprint density at radius 1 is 1.18 bits per heavy atom. The molecule has 1 N–H and O–H groups in total. The van der Waals surface area contributed by atoms with Crippen molar-refractivity contribution in [3.05, 3.63) is 78.0 Å².